The lowest BCUT2D eigenvalue weighted by Gasteiger charge is -2.13. The molecule has 0 saturated heterocycles. The first-order valence-electron chi connectivity index (χ1n) is 8.14. The number of nitrogens with zero attached hydrogens (tertiary/aromatic N) is 1. The molecule has 0 aliphatic carbocycles. The van der Waals surface area contributed by atoms with E-state index in [1.54, 1.807) is 0 Å². The maximum atomic E-state index is 12.3. The molecule has 0 spiro atoms. The van der Waals surface area contributed by atoms with Gasteiger partial charge < -0.3 is 21.3 Å². The van der Waals surface area contributed by atoms with E-state index in [9.17, 15) is 19.7 Å². The van der Waals surface area contributed by atoms with Gasteiger partial charge >= 0.3 is 17.6 Å². The van der Waals surface area contributed by atoms with Crippen LogP contribution in [0.4, 0.5) is 5.69 Å². The number of hydrogen-bond acceptors (Lipinski definition) is 7. The van der Waals surface area contributed by atoms with Crippen molar-refractivity contribution in [3.8, 4) is 5.75 Å². The molecule has 9 nitrogen and oxygen atoms in total. The van der Waals surface area contributed by atoms with Crippen LogP contribution < -0.4 is 16.2 Å². The van der Waals surface area contributed by atoms with Gasteiger partial charge in [-0.25, -0.2) is 4.79 Å². The van der Waals surface area contributed by atoms with Gasteiger partial charge in [0.15, 0.2) is 0 Å². The van der Waals surface area contributed by atoms with Crippen LogP contribution in [-0.2, 0) is 22.4 Å². The zero-order chi connectivity index (χ0) is 20.8. The SMILES string of the molecule is NC(Cc1ccc([N+](=O)[O-])c(OC(=O)C(N)Cc2cccc(I)c2)c1)C(=O)O. The van der Waals surface area contributed by atoms with E-state index in [4.69, 9.17) is 21.3 Å². The van der Waals surface area contributed by atoms with E-state index in [0.29, 0.717) is 5.56 Å². The predicted octanol–water partition coefficient (Wildman–Crippen LogP) is 1.63. The Bertz CT molecular complexity index is 905. The van der Waals surface area contributed by atoms with Gasteiger partial charge in [0.1, 0.15) is 12.1 Å². The second-order valence-electron chi connectivity index (χ2n) is 6.07. The van der Waals surface area contributed by atoms with Crippen LogP contribution in [-0.4, -0.2) is 34.1 Å². The second kappa shape index (κ2) is 9.57. The number of halogens is 1. The van der Waals surface area contributed by atoms with Gasteiger partial charge in [0, 0.05) is 9.64 Å². The summed E-state index contributed by atoms with van der Waals surface area (Å²) in [6.07, 6.45) is 0.124. The fourth-order valence-corrected chi connectivity index (χ4v) is 3.05. The van der Waals surface area contributed by atoms with Gasteiger partial charge in [-0.15, -0.1) is 0 Å². The lowest BCUT2D eigenvalue weighted by Crippen LogP contribution is -2.36. The van der Waals surface area contributed by atoms with Gasteiger partial charge in [0.05, 0.1) is 4.92 Å². The van der Waals surface area contributed by atoms with Crippen molar-refractivity contribution in [1.29, 1.82) is 0 Å². The number of esters is 1. The quantitative estimate of drug-likeness (QED) is 0.163. The Hall–Kier alpha value is -2.57. The molecule has 2 unspecified atom stereocenters. The highest BCUT2D eigenvalue weighted by molar-refractivity contribution is 14.1. The highest BCUT2D eigenvalue weighted by Gasteiger charge is 2.23. The van der Waals surface area contributed by atoms with Crippen LogP contribution in [0.3, 0.4) is 0 Å². The van der Waals surface area contributed by atoms with Crippen molar-refractivity contribution in [3.05, 3.63) is 67.3 Å². The minimum atomic E-state index is -1.21. The molecular formula is C18H18IN3O6. The van der Waals surface area contributed by atoms with Gasteiger partial charge in [0.2, 0.25) is 5.75 Å². The molecule has 0 amide bonds. The Labute approximate surface area is 174 Å². The van der Waals surface area contributed by atoms with E-state index in [2.05, 4.69) is 22.6 Å². The van der Waals surface area contributed by atoms with Gasteiger partial charge in [-0.3, -0.25) is 14.9 Å². The van der Waals surface area contributed by atoms with Crippen molar-refractivity contribution >= 4 is 40.2 Å². The minimum Gasteiger partial charge on any atom is -0.480 e. The topological polar surface area (TPSA) is 159 Å². The molecule has 0 aliphatic rings. The van der Waals surface area contributed by atoms with E-state index < -0.39 is 34.6 Å². The molecule has 0 aromatic heterocycles. The standard InChI is InChI=1S/C18H18IN3O6/c19-12-3-1-2-10(6-12)8-14(21)18(25)28-16-9-11(7-13(20)17(23)24)4-5-15(16)22(26)27/h1-6,9,13-14H,7-8,20-21H2,(H,23,24). The molecule has 0 aliphatic heterocycles. The fourth-order valence-electron chi connectivity index (χ4n) is 2.44. The first-order valence-corrected chi connectivity index (χ1v) is 9.22. The Kier molecular flexibility index (Phi) is 7.43. The molecule has 2 rings (SSSR count). The number of ether oxygens (including phenoxy) is 1. The van der Waals surface area contributed by atoms with Crippen LogP contribution in [0.25, 0.3) is 0 Å². The third-order valence-electron chi connectivity index (χ3n) is 3.85. The molecule has 0 saturated carbocycles. The van der Waals surface area contributed by atoms with E-state index in [1.807, 2.05) is 24.3 Å². The molecular weight excluding hydrogens is 481 g/mol. The Morgan fingerprint density at radius 1 is 1.11 bits per heavy atom. The zero-order valence-electron chi connectivity index (χ0n) is 14.6. The molecule has 2 atom stereocenters. The third kappa shape index (κ3) is 5.97. The molecule has 0 heterocycles. The summed E-state index contributed by atoms with van der Waals surface area (Å²) in [5.41, 5.74) is 12.2. The average Bonchev–Trinajstić information content (AvgIpc) is 2.61. The normalized spacial score (nSPS) is 12.8. The van der Waals surface area contributed by atoms with Crippen LogP contribution in [0.2, 0.25) is 0 Å². The van der Waals surface area contributed by atoms with Crippen molar-refractivity contribution in [1.82, 2.24) is 0 Å². The summed E-state index contributed by atoms with van der Waals surface area (Å²) in [5, 5.41) is 20.1. The highest BCUT2D eigenvalue weighted by Crippen LogP contribution is 2.29. The summed E-state index contributed by atoms with van der Waals surface area (Å²) in [6, 6.07) is 8.92. The Morgan fingerprint density at radius 3 is 2.36 bits per heavy atom. The van der Waals surface area contributed by atoms with E-state index >= 15 is 0 Å². The molecule has 28 heavy (non-hydrogen) atoms. The number of aliphatic carboxylic acids is 1. The minimum absolute atomic E-state index is 0.0770. The van der Waals surface area contributed by atoms with Crippen LogP contribution in [0.5, 0.6) is 5.75 Å². The number of carboxylic acid groups (broad SMARTS) is 1. The monoisotopic (exact) mass is 499 g/mol. The number of nitro groups is 1. The number of carboxylic acids is 1. The van der Waals surface area contributed by atoms with E-state index in [-0.39, 0.29) is 18.6 Å². The molecule has 5 N–H and O–H groups in total. The molecule has 148 valence electrons. The maximum absolute atomic E-state index is 12.3. The Morgan fingerprint density at radius 2 is 1.75 bits per heavy atom. The number of nitro benzene ring substituents is 1. The van der Waals surface area contributed by atoms with Gasteiger partial charge in [-0.2, -0.15) is 0 Å². The first kappa shape index (κ1) is 21.7. The van der Waals surface area contributed by atoms with Gasteiger partial charge in [-0.1, -0.05) is 18.2 Å². The number of nitrogens with two attached hydrogens (primary N) is 2. The van der Waals surface area contributed by atoms with Crippen molar-refractivity contribution in [2.45, 2.75) is 24.9 Å². The number of carbonyl (C=O) groups excluding carboxylic acids is 1. The smallest absolute Gasteiger partial charge is 0.328 e. The van der Waals surface area contributed by atoms with Crippen molar-refractivity contribution in [2.75, 3.05) is 0 Å². The van der Waals surface area contributed by atoms with E-state index in [1.165, 1.54) is 12.1 Å². The van der Waals surface area contributed by atoms with Crippen LogP contribution >= 0.6 is 22.6 Å². The van der Waals surface area contributed by atoms with Crippen LogP contribution in [0.15, 0.2) is 42.5 Å². The van der Waals surface area contributed by atoms with Crippen LogP contribution in [0, 0.1) is 13.7 Å². The third-order valence-corrected chi connectivity index (χ3v) is 4.52. The largest absolute Gasteiger partial charge is 0.480 e. The average molecular weight is 499 g/mol. The molecule has 2 aromatic rings. The number of carbonyl (C=O) groups is 2. The first-order chi connectivity index (χ1) is 13.2. The van der Waals surface area contributed by atoms with Gasteiger partial charge in [-0.05, 0) is 64.8 Å². The zero-order valence-corrected chi connectivity index (χ0v) is 16.7. The second-order valence-corrected chi connectivity index (χ2v) is 7.32. The van der Waals surface area contributed by atoms with Crippen molar-refractivity contribution in [2.24, 2.45) is 11.5 Å². The molecule has 0 fully saturated rings. The fraction of sp³-hybridized carbons (Fsp3) is 0.222. The highest BCUT2D eigenvalue weighted by atomic mass is 127. The summed E-state index contributed by atoms with van der Waals surface area (Å²) >= 11 is 2.13. The maximum Gasteiger partial charge on any atom is 0.328 e. The van der Waals surface area contributed by atoms with Crippen molar-refractivity contribution < 1.29 is 24.4 Å². The van der Waals surface area contributed by atoms with Gasteiger partial charge in [0.25, 0.3) is 0 Å². The Balaban J connectivity index is 2.18. The summed E-state index contributed by atoms with van der Waals surface area (Å²) in [5.74, 6) is -2.35. The summed E-state index contributed by atoms with van der Waals surface area (Å²) in [6.45, 7) is 0. The van der Waals surface area contributed by atoms with E-state index in [0.717, 1.165) is 15.2 Å². The lowest BCUT2D eigenvalue weighted by atomic mass is 10.1. The molecule has 10 heteroatoms. The lowest BCUT2D eigenvalue weighted by molar-refractivity contribution is -0.385. The molecule has 0 bridgehead atoms. The van der Waals surface area contributed by atoms with Crippen molar-refractivity contribution in [3.63, 3.8) is 0 Å². The number of hydrogen-bond donors (Lipinski definition) is 3. The molecule has 2 aromatic carbocycles. The molecule has 0 radical (unpaired) electrons. The van der Waals surface area contributed by atoms with Crippen LogP contribution in [0.1, 0.15) is 11.1 Å². The summed E-state index contributed by atoms with van der Waals surface area (Å²) < 4.78 is 6.14. The number of benzene rings is 2. The summed E-state index contributed by atoms with van der Waals surface area (Å²) in [7, 11) is 0. The number of rotatable bonds is 8. The summed E-state index contributed by atoms with van der Waals surface area (Å²) in [4.78, 5) is 33.7. The predicted molar refractivity (Wildman–Crippen MR) is 109 cm³/mol.